The fourth-order valence-electron chi connectivity index (χ4n) is 3.50. The molecule has 0 aromatic carbocycles. The molecule has 1 N–H and O–H groups in total. The average molecular weight is 265 g/mol. The first-order valence-corrected chi connectivity index (χ1v) is 7.99. The van der Waals surface area contributed by atoms with E-state index >= 15 is 0 Å². The molecule has 1 saturated heterocycles. The fraction of sp³-hybridized carbons (Fsp3) is 0.786. The van der Waals surface area contributed by atoms with Gasteiger partial charge in [0.05, 0.1) is 5.69 Å². The predicted octanol–water partition coefficient (Wildman–Crippen LogP) is 2.94. The van der Waals surface area contributed by atoms with E-state index in [9.17, 15) is 0 Å². The molecule has 18 heavy (non-hydrogen) atoms. The van der Waals surface area contributed by atoms with Crippen molar-refractivity contribution in [2.75, 3.05) is 18.5 Å². The van der Waals surface area contributed by atoms with Crippen LogP contribution in [0, 0.1) is 12.8 Å². The summed E-state index contributed by atoms with van der Waals surface area (Å²) in [6.07, 6.45) is 7.05. The van der Waals surface area contributed by atoms with Gasteiger partial charge in [0.15, 0.2) is 5.13 Å². The fourth-order valence-corrected chi connectivity index (χ4v) is 4.66. The Kier molecular flexibility index (Phi) is 3.57. The third-order valence-electron chi connectivity index (χ3n) is 4.47. The molecule has 2 heterocycles. The maximum absolute atomic E-state index is 4.81. The van der Waals surface area contributed by atoms with Crippen LogP contribution in [0.25, 0.3) is 0 Å². The number of thiazole rings is 1. The topological polar surface area (TPSA) is 28.2 Å². The van der Waals surface area contributed by atoms with E-state index in [1.807, 2.05) is 18.4 Å². The lowest BCUT2D eigenvalue weighted by Gasteiger charge is -2.31. The second-order valence-corrected chi connectivity index (χ2v) is 6.69. The Balaban J connectivity index is 1.80. The summed E-state index contributed by atoms with van der Waals surface area (Å²) in [5.74, 6) is 0.940. The zero-order valence-corrected chi connectivity index (χ0v) is 12.2. The van der Waals surface area contributed by atoms with Crippen LogP contribution < -0.4 is 10.2 Å². The van der Waals surface area contributed by atoms with Crippen molar-refractivity contribution in [2.24, 2.45) is 5.92 Å². The summed E-state index contributed by atoms with van der Waals surface area (Å²) in [7, 11) is 2.01. The number of aromatic nitrogens is 1. The van der Waals surface area contributed by atoms with Crippen LogP contribution in [0.1, 0.15) is 42.7 Å². The maximum Gasteiger partial charge on any atom is 0.186 e. The number of nitrogens with one attached hydrogen (secondary N) is 1. The molecule has 0 radical (unpaired) electrons. The molecule has 100 valence electrons. The molecule has 1 aromatic rings. The van der Waals surface area contributed by atoms with Gasteiger partial charge in [0.25, 0.3) is 0 Å². The summed E-state index contributed by atoms with van der Waals surface area (Å²) >= 11 is 1.89. The number of anilines is 1. The van der Waals surface area contributed by atoms with Crippen LogP contribution in [0.4, 0.5) is 5.13 Å². The van der Waals surface area contributed by atoms with Crippen LogP contribution in [0.3, 0.4) is 0 Å². The molecule has 2 atom stereocenters. The summed E-state index contributed by atoms with van der Waals surface area (Å²) in [6.45, 7) is 4.31. The molecule has 0 spiro atoms. The van der Waals surface area contributed by atoms with Gasteiger partial charge in [-0.05, 0) is 39.2 Å². The van der Waals surface area contributed by atoms with Crippen molar-refractivity contribution in [3.8, 4) is 0 Å². The van der Waals surface area contributed by atoms with Gasteiger partial charge in [0.2, 0.25) is 0 Å². The lowest BCUT2D eigenvalue weighted by Crippen LogP contribution is -2.34. The van der Waals surface area contributed by atoms with Gasteiger partial charge in [-0.25, -0.2) is 4.98 Å². The van der Waals surface area contributed by atoms with Crippen molar-refractivity contribution >= 4 is 16.5 Å². The number of rotatable bonds is 3. The van der Waals surface area contributed by atoms with Gasteiger partial charge in [0, 0.05) is 24.0 Å². The molecule has 2 aliphatic rings. The van der Waals surface area contributed by atoms with Crippen molar-refractivity contribution in [3.63, 3.8) is 0 Å². The first-order chi connectivity index (χ1) is 8.79. The first-order valence-electron chi connectivity index (χ1n) is 7.17. The zero-order valence-electron chi connectivity index (χ0n) is 11.4. The van der Waals surface area contributed by atoms with Crippen molar-refractivity contribution in [3.05, 3.63) is 10.6 Å². The van der Waals surface area contributed by atoms with Gasteiger partial charge < -0.3 is 10.2 Å². The molecule has 4 heteroatoms. The van der Waals surface area contributed by atoms with Crippen LogP contribution >= 0.6 is 11.3 Å². The molecule has 1 aromatic heterocycles. The van der Waals surface area contributed by atoms with Crippen LogP contribution in [0.5, 0.6) is 0 Å². The van der Waals surface area contributed by atoms with Gasteiger partial charge in [-0.3, -0.25) is 0 Å². The van der Waals surface area contributed by atoms with Crippen LogP contribution in [0.2, 0.25) is 0 Å². The molecule has 2 fully saturated rings. The molecule has 0 bridgehead atoms. The Morgan fingerprint density at radius 3 is 3.00 bits per heavy atom. The third-order valence-corrected chi connectivity index (χ3v) is 5.67. The second kappa shape index (κ2) is 5.17. The van der Waals surface area contributed by atoms with E-state index < -0.39 is 0 Å². The molecular weight excluding hydrogens is 242 g/mol. The smallest absolute Gasteiger partial charge is 0.186 e. The summed E-state index contributed by atoms with van der Waals surface area (Å²) in [5, 5.41) is 4.51. The molecule has 1 aliphatic heterocycles. The Bertz CT molecular complexity index is 415. The maximum atomic E-state index is 4.81. The second-order valence-electron chi connectivity index (χ2n) is 5.63. The highest BCUT2D eigenvalue weighted by Gasteiger charge is 2.37. The highest BCUT2D eigenvalue weighted by molar-refractivity contribution is 7.15. The summed E-state index contributed by atoms with van der Waals surface area (Å²) in [4.78, 5) is 8.80. The van der Waals surface area contributed by atoms with E-state index in [2.05, 4.69) is 17.1 Å². The number of hydrogen-bond acceptors (Lipinski definition) is 4. The normalized spacial score (nSPS) is 27.6. The first kappa shape index (κ1) is 12.4. The Labute approximate surface area is 114 Å². The molecule has 1 aliphatic carbocycles. The largest absolute Gasteiger partial charge is 0.345 e. The Morgan fingerprint density at radius 1 is 1.33 bits per heavy atom. The molecular formula is C14H23N3S. The van der Waals surface area contributed by atoms with Crippen molar-refractivity contribution in [2.45, 2.75) is 51.6 Å². The van der Waals surface area contributed by atoms with Gasteiger partial charge in [-0.2, -0.15) is 0 Å². The van der Waals surface area contributed by atoms with E-state index in [-0.39, 0.29) is 0 Å². The highest BCUT2D eigenvalue weighted by Crippen LogP contribution is 2.40. The summed E-state index contributed by atoms with van der Waals surface area (Å²) < 4.78 is 0. The van der Waals surface area contributed by atoms with Gasteiger partial charge >= 0.3 is 0 Å². The van der Waals surface area contributed by atoms with Crippen LogP contribution in [0.15, 0.2) is 0 Å². The molecule has 1 saturated carbocycles. The summed E-state index contributed by atoms with van der Waals surface area (Å²) in [6, 6.07) is 0.784. The number of nitrogens with zero attached hydrogens (tertiary/aromatic N) is 2. The lowest BCUT2D eigenvalue weighted by atomic mass is 9.85. The van der Waals surface area contributed by atoms with E-state index in [0.29, 0.717) is 0 Å². The number of aryl methyl sites for hydroxylation is 1. The quantitative estimate of drug-likeness (QED) is 0.911. The number of fused-ring (bicyclic) bond motifs is 1. The lowest BCUT2D eigenvalue weighted by molar-refractivity contribution is 0.342. The molecule has 0 amide bonds. The molecule has 3 nitrogen and oxygen atoms in total. The Hall–Kier alpha value is -0.610. The van der Waals surface area contributed by atoms with Crippen LogP contribution in [-0.2, 0) is 6.54 Å². The molecule has 3 rings (SSSR count). The van der Waals surface area contributed by atoms with Crippen molar-refractivity contribution in [1.82, 2.24) is 10.3 Å². The van der Waals surface area contributed by atoms with Gasteiger partial charge in [-0.15, -0.1) is 11.3 Å². The molecule has 2 unspecified atom stereocenters. The van der Waals surface area contributed by atoms with Gasteiger partial charge in [0.1, 0.15) is 0 Å². The SMILES string of the molecule is CNCc1sc(N2CCC3CCCCC32)nc1C. The van der Waals surface area contributed by atoms with E-state index in [1.165, 1.54) is 54.4 Å². The highest BCUT2D eigenvalue weighted by atomic mass is 32.1. The zero-order chi connectivity index (χ0) is 12.5. The monoisotopic (exact) mass is 265 g/mol. The van der Waals surface area contributed by atoms with E-state index in [1.54, 1.807) is 0 Å². The summed E-state index contributed by atoms with van der Waals surface area (Å²) in [5.41, 5.74) is 1.21. The van der Waals surface area contributed by atoms with Crippen molar-refractivity contribution in [1.29, 1.82) is 0 Å². The van der Waals surface area contributed by atoms with Crippen molar-refractivity contribution < 1.29 is 0 Å². The minimum absolute atomic E-state index is 0.784. The standard InChI is InChI=1S/C14H23N3S/c1-10-13(9-15-2)18-14(16-10)17-8-7-11-5-3-4-6-12(11)17/h11-12,15H,3-9H2,1-2H3. The Morgan fingerprint density at radius 2 is 2.17 bits per heavy atom. The van der Waals surface area contributed by atoms with Gasteiger partial charge in [-0.1, -0.05) is 12.8 Å². The van der Waals surface area contributed by atoms with Crippen LogP contribution in [-0.4, -0.2) is 24.6 Å². The van der Waals surface area contributed by atoms with E-state index in [4.69, 9.17) is 4.98 Å². The number of hydrogen-bond donors (Lipinski definition) is 1. The minimum atomic E-state index is 0.784. The average Bonchev–Trinajstić information content (AvgIpc) is 2.94. The third kappa shape index (κ3) is 2.16. The van der Waals surface area contributed by atoms with E-state index in [0.717, 1.165) is 18.5 Å². The predicted molar refractivity (Wildman–Crippen MR) is 77.3 cm³/mol. The minimum Gasteiger partial charge on any atom is -0.345 e.